The summed E-state index contributed by atoms with van der Waals surface area (Å²) in [6.07, 6.45) is 3.77. The van der Waals surface area contributed by atoms with E-state index in [1.165, 1.54) is 11.3 Å². The molecule has 4 amide bonds. The first-order valence-electron chi connectivity index (χ1n) is 9.22. The van der Waals surface area contributed by atoms with Gasteiger partial charge in [-0.2, -0.15) is 5.01 Å². The summed E-state index contributed by atoms with van der Waals surface area (Å²) < 4.78 is 5.85. The number of carbonyl (C=O) groups is 4. The van der Waals surface area contributed by atoms with Gasteiger partial charge in [-0.25, -0.2) is 9.59 Å². The van der Waals surface area contributed by atoms with Crippen molar-refractivity contribution in [3.05, 3.63) is 34.2 Å². The predicted octanol–water partition coefficient (Wildman–Crippen LogP) is 3.00. The van der Waals surface area contributed by atoms with Crippen LogP contribution in [0.15, 0.2) is 24.3 Å². The third-order valence-electron chi connectivity index (χ3n) is 5.16. The van der Waals surface area contributed by atoms with Crippen LogP contribution in [0.25, 0.3) is 10.1 Å². The van der Waals surface area contributed by atoms with E-state index in [9.17, 15) is 19.2 Å². The zero-order chi connectivity index (χ0) is 20.6. The molecule has 1 aromatic heterocycles. The quantitative estimate of drug-likeness (QED) is 0.567. The summed E-state index contributed by atoms with van der Waals surface area (Å²) in [5, 5.41) is 4.36. The summed E-state index contributed by atoms with van der Waals surface area (Å²) in [7, 11) is 0. The maximum absolute atomic E-state index is 12.6. The first-order chi connectivity index (χ1) is 13.9. The van der Waals surface area contributed by atoms with E-state index in [1.807, 2.05) is 12.1 Å². The molecule has 2 aromatic rings. The number of nitrogens with one attached hydrogen (secondary N) is 2. The monoisotopic (exact) mass is 435 g/mol. The van der Waals surface area contributed by atoms with Gasteiger partial charge in [0.15, 0.2) is 6.61 Å². The van der Waals surface area contributed by atoms with E-state index in [0.717, 1.165) is 29.3 Å². The highest BCUT2D eigenvalue weighted by Gasteiger charge is 2.52. The Balaban J connectivity index is 1.37. The van der Waals surface area contributed by atoms with E-state index in [-0.39, 0.29) is 9.90 Å². The van der Waals surface area contributed by atoms with Gasteiger partial charge < -0.3 is 10.1 Å². The van der Waals surface area contributed by atoms with Crippen molar-refractivity contribution >= 4 is 56.8 Å². The number of hydrogen-bond donors (Lipinski definition) is 2. The topological polar surface area (TPSA) is 105 Å². The number of amides is 4. The smallest absolute Gasteiger partial charge is 0.350 e. The molecule has 29 heavy (non-hydrogen) atoms. The van der Waals surface area contributed by atoms with E-state index in [4.69, 9.17) is 16.3 Å². The normalized spacial score (nSPS) is 18.2. The minimum Gasteiger partial charge on any atom is -0.451 e. The zero-order valence-electron chi connectivity index (χ0n) is 15.3. The highest BCUT2D eigenvalue weighted by molar-refractivity contribution is 7.21. The number of hydrogen-bond acceptors (Lipinski definition) is 6. The highest BCUT2D eigenvalue weighted by atomic mass is 35.5. The van der Waals surface area contributed by atoms with Gasteiger partial charge in [-0.3, -0.25) is 15.0 Å². The minimum atomic E-state index is -0.941. The van der Waals surface area contributed by atoms with E-state index in [0.29, 0.717) is 17.9 Å². The molecular weight excluding hydrogens is 418 g/mol. The van der Waals surface area contributed by atoms with Crippen molar-refractivity contribution in [1.82, 2.24) is 15.8 Å². The van der Waals surface area contributed by atoms with Gasteiger partial charge in [0.25, 0.3) is 11.8 Å². The Labute approximate surface area is 175 Å². The maximum atomic E-state index is 12.6. The largest absolute Gasteiger partial charge is 0.451 e. The Bertz CT molecular complexity index is 1010. The van der Waals surface area contributed by atoms with Crippen LogP contribution in [0.2, 0.25) is 5.02 Å². The first kappa shape index (κ1) is 19.7. The lowest BCUT2D eigenvalue weighted by Crippen LogP contribution is -2.51. The number of thiophene rings is 1. The standard InChI is InChI=1S/C19H18ClN3O5S/c20-14-11-6-2-3-7-12(11)29-15(14)16(25)28-10-13(24)22-23-17(26)19(21-18(23)27)8-4-1-5-9-19/h2-3,6-7H,1,4-5,8-10H2,(H,21,27)(H,22,24). The molecule has 8 nitrogen and oxygen atoms in total. The summed E-state index contributed by atoms with van der Waals surface area (Å²) in [6.45, 7) is -0.645. The molecule has 2 heterocycles. The molecule has 1 spiro atoms. The summed E-state index contributed by atoms with van der Waals surface area (Å²) in [4.78, 5) is 49.5. The number of ether oxygens (including phenoxy) is 1. The molecule has 2 fully saturated rings. The van der Waals surface area contributed by atoms with Crippen LogP contribution in [0.3, 0.4) is 0 Å². The van der Waals surface area contributed by atoms with Gasteiger partial charge >= 0.3 is 12.0 Å². The van der Waals surface area contributed by atoms with Gasteiger partial charge in [-0.1, -0.05) is 49.1 Å². The van der Waals surface area contributed by atoms with Crippen molar-refractivity contribution < 1.29 is 23.9 Å². The molecular formula is C19H18ClN3O5S. The number of esters is 1. The van der Waals surface area contributed by atoms with Gasteiger partial charge in [0, 0.05) is 10.1 Å². The summed E-state index contributed by atoms with van der Waals surface area (Å²) >= 11 is 7.39. The Morgan fingerprint density at radius 2 is 1.93 bits per heavy atom. The lowest BCUT2D eigenvalue weighted by molar-refractivity contribution is -0.140. The molecule has 2 aliphatic rings. The van der Waals surface area contributed by atoms with E-state index >= 15 is 0 Å². The molecule has 1 aromatic carbocycles. The van der Waals surface area contributed by atoms with Crippen LogP contribution in [0.4, 0.5) is 4.79 Å². The van der Waals surface area contributed by atoms with Crippen LogP contribution in [0, 0.1) is 0 Å². The third-order valence-corrected chi connectivity index (χ3v) is 6.82. The Morgan fingerprint density at radius 1 is 1.21 bits per heavy atom. The lowest BCUT2D eigenvalue weighted by Gasteiger charge is -2.30. The molecule has 2 N–H and O–H groups in total. The summed E-state index contributed by atoms with van der Waals surface area (Å²) in [5.74, 6) is -2.01. The van der Waals surface area contributed by atoms with Crippen LogP contribution in [0.5, 0.6) is 0 Å². The second-order valence-electron chi connectivity index (χ2n) is 7.07. The molecule has 0 unspecified atom stereocenters. The molecule has 4 rings (SSSR count). The van der Waals surface area contributed by atoms with Gasteiger partial charge in [0.2, 0.25) is 0 Å². The average molecular weight is 436 g/mol. The number of fused-ring (bicyclic) bond motifs is 1. The Hall–Kier alpha value is -2.65. The molecule has 1 aliphatic carbocycles. The fourth-order valence-corrected chi connectivity index (χ4v) is 5.12. The molecule has 0 atom stereocenters. The fourth-order valence-electron chi connectivity index (χ4n) is 3.71. The number of halogens is 1. The van der Waals surface area contributed by atoms with Crippen LogP contribution in [-0.4, -0.2) is 41.0 Å². The highest BCUT2D eigenvalue weighted by Crippen LogP contribution is 2.35. The molecule has 1 saturated heterocycles. The van der Waals surface area contributed by atoms with Crippen molar-refractivity contribution in [3.8, 4) is 0 Å². The fraction of sp³-hybridized carbons (Fsp3) is 0.368. The van der Waals surface area contributed by atoms with Crippen molar-refractivity contribution in [2.75, 3.05) is 6.61 Å². The number of urea groups is 1. The number of rotatable bonds is 4. The molecule has 152 valence electrons. The second kappa shape index (κ2) is 7.64. The van der Waals surface area contributed by atoms with Crippen molar-refractivity contribution in [2.45, 2.75) is 37.6 Å². The summed E-state index contributed by atoms with van der Waals surface area (Å²) in [5.41, 5.74) is 1.28. The number of hydrazine groups is 1. The van der Waals surface area contributed by atoms with Gasteiger partial charge in [-0.15, -0.1) is 11.3 Å². The van der Waals surface area contributed by atoms with Crippen LogP contribution >= 0.6 is 22.9 Å². The Morgan fingerprint density at radius 3 is 2.66 bits per heavy atom. The number of imide groups is 1. The van der Waals surface area contributed by atoms with Crippen LogP contribution in [-0.2, 0) is 14.3 Å². The minimum absolute atomic E-state index is 0.191. The van der Waals surface area contributed by atoms with Crippen molar-refractivity contribution in [1.29, 1.82) is 0 Å². The van der Waals surface area contributed by atoms with E-state index in [2.05, 4.69) is 10.7 Å². The van der Waals surface area contributed by atoms with Gasteiger partial charge in [0.05, 0.1) is 5.02 Å². The third kappa shape index (κ3) is 3.56. The molecule has 10 heteroatoms. The molecule has 0 radical (unpaired) electrons. The average Bonchev–Trinajstić information content (AvgIpc) is 3.17. The van der Waals surface area contributed by atoms with E-state index < -0.39 is 36.0 Å². The van der Waals surface area contributed by atoms with Gasteiger partial charge in [0.1, 0.15) is 10.4 Å². The first-order valence-corrected chi connectivity index (χ1v) is 10.4. The maximum Gasteiger partial charge on any atom is 0.350 e. The zero-order valence-corrected chi connectivity index (χ0v) is 16.9. The van der Waals surface area contributed by atoms with E-state index in [1.54, 1.807) is 12.1 Å². The molecule has 0 bridgehead atoms. The lowest BCUT2D eigenvalue weighted by atomic mass is 9.82. The Kier molecular flexibility index (Phi) is 5.18. The van der Waals surface area contributed by atoms with Gasteiger partial charge in [-0.05, 0) is 18.9 Å². The number of carbonyl (C=O) groups excluding carboxylic acids is 4. The van der Waals surface area contributed by atoms with Crippen molar-refractivity contribution in [3.63, 3.8) is 0 Å². The van der Waals surface area contributed by atoms with Crippen LogP contribution < -0.4 is 10.7 Å². The number of nitrogens with zero attached hydrogens (tertiary/aromatic N) is 1. The predicted molar refractivity (Wildman–Crippen MR) is 106 cm³/mol. The molecule has 1 saturated carbocycles. The summed E-state index contributed by atoms with van der Waals surface area (Å²) in [6, 6.07) is 6.57. The van der Waals surface area contributed by atoms with Crippen molar-refractivity contribution in [2.24, 2.45) is 0 Å². The second-order valence-corrected chi connectivity index (χ2v) is 8.50. The number of benzene rings is 1. The van der Waals surface area contributed by atoms with Crippen LogP contribution in [0.1, 0.15) is 41.8 Å². The molecule has 1 aliphatic heterocycles. The SMILES string of the molecule is O=C(COC(=O)c1sc2ccccc2c1Cl)NN1C(=O)NC2(CCCCC2)C1=O.